The quantitative estimate of drug-likeness (QED) is 0.431. The molecule has 0 radical (unpaired) electrons. The SMILES string of the molecule is O=c1oc(-c2ccccc2)c(-c2ccccc2)n1-c1ccc(Cl)c(Cl)c1. The molecule has 0 atom stereocenters. The third-order valence-electron chi connectivity index (χ3n) is 4.06. The second-order valence-electron chi connectivity index (χ2n) is 5.71. The van der Waals surface area contributed by atoms with Crippen molar-refractivity contribution < 1.29 is 4.42 Å². The largest absolute Gasteiger partial charge is 0.424 e. The third kappa shape index (κ3) is 2.96. The van der Waals surface area contributed by atoms with E-state index in [-0.39, 0.29) is 0 Å². The van der Waals surface area contributed by atoms with Crippen LogP contribution in [-0.2, 0) is 0 Å². The van der Waals surface area contributed by atoms with Crippen LogP contribution in [0.1, 0.15) is 0 Å². The molecular weight excluding hydrogens is 369 g/mol. The molecule has 1 aromatic heterocycles. The number of oxazole rings is 1. The Hall–Kier alpha value is -2.75. The molecule has 128 valence electrons. The van der Waals surface area contributed by atoms with Crippen molar-refractivity contribution >= 4 is 23.2 Å². The lowest BCUT2D eigenvalue weighted by Gasteiger charge is -2.09. The van der Waals surface area contributed by atoms with Crippen LogP contribution < -0.4 is 5.76 Å². The summed E-state index contributed by atoms with van der Waals surface area (Å²) in [6, 6.07) is 24.2. The summed E-state index contributed by atoms with van der Waals surface area (Å²) in [4.78, 5) is 12.7. The van der Waals surface area contributed by atoms with Crippen LogP contribution in [0, 0.1) is 0 Å². The summed E-state index contributed by atoms with van der Waals surface area (Å²) in [6.07, 6.45) is 0. The molecule has 1 heterocycles. The maximum atomic E-state index is 12.7. The second-order valence-corrected chi connectivity index (χ2v) is 6.53. The van der Waals surface area contributed by atoms with Crippen LogP contribution >= 0.6 is 23.2 Å². The van der Waals surface area contributed by atoms with E-state index < -0.39 is 5.76 Å². The minimum absolute atomic E-state index is 0.373. The van der Waals surface area contributed by atoms with Gasteiger partial charge in [0.2, 0.25) is 0 Å². The van der Waals surface area contributed by atoms with Crippen LogP contribution in [0.3, 0.4) is 0 Å². The summed E-state index contributed by atoms with van der Waals surface area (Å²) in [5.74, 6) is 0.0222. The molecule has 26 heavy (non-hydrogen) atoms. The summed E-state index contributed by atoms with van der Waals surface area (Å²) in [5.41, 5.74) is 2.94. The molecule has 0 saturated heterocycles. The van der Waals surface area contributed by atoms with Gasteiger partial charge < -0.3 is 4.42 Å². The molecule has 0 amide bonds. The van der Waals surface area contributed by atoms with Crippen LogP contribution in [0.2, 0.25) is 10.0 Å². The Morgan fingerprint density at radius 2 is 1.35 bits per heavy atom. The highest BCUT2D eigenvalue weighted by Gasteiger charge is 2.21. The van der Waals surface area contributed by atoms with Crippen molar-refractivity contribution in [3.63, 3.8) is 0 Å². The van der Waals surface area contributed by atoms with Crippen LogP contribution in [0.4, 0.5) is 0 Å². The lowest BCUT2D eigenvalue weighted by Crippen LogP contribution is -2.13. The molecule has 0 aliphatic heterocycles. The average molecular weight is 382 g/mol. The van der Waals surface area contributed by atoms with Gasteiger partial charge in [-0.05, 0) is 18.2 Å². The molecule has 0 unspecified atom stereocenters. The topological polar surface area (TPSA) is 35.1 Å². The van der Waals surface area contributed by atoms with Crippen molar-refractivity contribution in [2.24, 2.45) is 0 Å². The zero-order chi connectivity index (χ0) is 18.1. The number of nitrogens with zero attached hydrogens (tertiary/aromatic N) is 1. The smallest absolute Gasteiger partial charge is 0.407 e. The average Bonchev–Trinajstić information content (AvgIpc) is 3.03. The first-order valence-corrected chi connectivity index (χ1v) is 8.73. The molecular formula is C21H13Cl2NO2. The van der Waals surface area contributed by atoms with E-state index in [9.17, 15) is 4.79 Å². The number of aromatic nitrogens is 1. The molecule has 0 fully saturated rings. The highest BCUT2D eigenvalue weighted by atomic mass is 35.5. The van der Waals surface area contributed by atoms with E-state index in [2.05, 4.69) is 0 Å². The van der Waals surface area contributed by atoms with Crippen molar-refractivity contribution in [1.29, 1.82) is 0 Å². The van der Waals surface area contributed by atoms with E-state index in [1.54, 1.807) is 18.2 Å². The molecule has 0 aliphatic rings. The third-order valence-corrected chi connectivity index (χ3v) is 4.79. The first-order chi connectivity index (χ1) is 12.6. The Labute approximate surface area is 160 Å². The molecule has 5 heteroatoms. The number of hydrogen-bond donors (Lipinski definition) is 0. The van der Waals surface area contributed by atoms with Crippen LogP contribution in [0.15, 0.2) is 88.1 Å². The molecule has 0 bridgehead atoms. The van der Waals surface area contributed by atoms with Gasteiger partial charge in [0.05, 0.1) is 15.7 Å². The summed E-state index contributed by atoms with van der Waals surface area (Å²) in [7, 11) is 0. The Morgan fingerprint density at radius 1 is 0.731 bits per heavy atom. The zero-order valence-corrected chi connectivity index (χ0v) is 15.0. The lowest BCUT2D eigenvalue weighted by atomic mass is 10.1. The van der Waals surface area contributed by atoms with Gasteiger partial charge in [0.25, 0.3) is 0 Å². The first-order valence-electron chi connectivity index (χ1n) is 7.97. The van der Waals surface area contributed by atoms with Crippen molar-refractivity contribution in [1.82, 2.24) is 4.57 Å². The summed E-state index contributed by atoms with van der Waals surface area (Å²) < 4.78 is 7.16. The Kier molecular flexibility index (Phi) is 4.41. The fourth-order valence-corrected chi connectivity index (χ4v) is 3.17. The first kappa shape index (κ1) is 16.7. The van der Waals surface area contributed by atoms with Gasteiger partial charge >= 0.3 is 5.76 Å². The van der Waals surface area contributed by atoms with E-state index in [0.29, 0.717) is 27.2 Å². The van der Waals surface area contributed by atoms with Crippen LogP contribution in [0.25, 0.3) is 28.3 Å². The minimum atomic E-state index is -0.485. The highest BCUT2D eigenvalue weighted by Crippen LogP contribution is 2.34. The fraction of sp³-hybridized carbons (Fsp3) is 0. The molecule has 0 saturated carbocycles. The van der Waals surface area contributed by atoms with Gasteiger partial charge in [0.15, 0.2) is 5.76 Å². The Bertz CT molecular complexity index is 1120. The second kappa shape index (κ2) is 6.87. The molecule has 3 nitrogen and oxygen atoms in total. The van der Waals surface area contributed by atoms with E-state index in [1.165, 1.54) is 4.57 Å². The van der Waals surface area contributed by atoms with E-state index in [0.717, 1.165) is 11.1 Å². The highest BCUT2D eigenvalue weighted by molar-refractivity contribution is 6.42. The van der Waals surface area contributed by atoms with E-state index in [1.807, 2.05) is 60.7 Å². The van der Waals surface area contributed by atoms with Gasteiger partial charge in [-0.25, -0.2) is 9.36 Å². The normalized spacial score (nSPS) is 10.8. The Balaban J connectivity index is 2.04. The molecule has 0 aliphatic carbocycles. The van der Waals surface area contributed by atoms with Gasteiger partial charge in [-0.3, -0.25) is 0 Å². The number of benzene rings is 3. The number of hydrogen-bond acceptors (Lipinski definition) is 2. The lowest BCUT2D eigenvalue weighted by molar-refractivity contribution is 0.516. The predicted octanol–water partition coefficient (Wildman–Crippen LogP) is 6.07. The van der Waals surface area contributed by atoms with E-state index >= 15 is 0 Å². The minimum Gasteiger partial charge on any atom is -0.407 e. The van der Waals surface area contributed by atoms with Gasteiger partial charge in [-0.1, -0.05) is 83.9 Å². The van der Waals surface area contributed by atoms with Crippen molar-refractivity contribution in [3.05, 3.63) is 99.5 Å². The van der Waals surface area contributed by atoms with Gasteiger partial charge in [0.1, 0.15) is 5.69 Å². The summed E-state index contributed by atoms with van der Waals surface area (Å²) in [5, 5.41) is 0.800. The van der Waals surface area contributed by atoms with Crippen molar-refractivity contribution in [3.8, 4) is 28.3 Å². The van der Waals surface area contributed by atoms with Crippen molar-refractivity contribution in [2.75, 3.05) is 0 Å². The standard InChI is InChI=1S/C21H13Cl2NO2/c22-17-12-11-16(13-18(17)23)24-19(14-7-3-1-4-8-14)20(26-21(24)25)15-9-5-2-6-10-15/h1-13H. The van der Waals surface area contributed by atoms with Crippen molar-refractivity contribution in [2.45, 2.75) is 0 Å². The number of rotatable bonds is 3. The van der Waals surface area contributed by atoms with Gasteiger partial charge in [-0.2, -0.15) is 0 Å². The van der Waals surface area contributed by atoms with Crippen LogP contribution in [-0.4, -0.2) is 4.57 Å². The van der Waals surface area contributed by atoms with Crippen LogP contribution in [0.5, 0.6) is 0 Å². The maximum absolute atomic E-state index is 12.7. The summed E-state index contributed by atoms with van der Waals surface area (Å²) >= 11 is 12.2. The number of halogens is 2. The fourth-order valence-electron chi connectivity index (χ4n) is 2.87. The summed E-state index contributed by atoms with van der Waals surface area (Å²) in [6.45, 7) is 0. The van der Waals surface area contributed by atoms with E-state index in [4.69, 9.17) is 27.6 Å². The zero-order valence-electron chi connectivity index (χ0n) is 13.5. The monoisotopic (exact) mass is 381 g/mol. The maximum Gasteiger partial charge on any atom is 0.424 e. The predicted molar refractivity (Wildman–Crippen MR) is 105 cm³/mol. The molecule has 4 aromatic rings. The Morgan fingerprint density at radius 3 is 1.96 bits per heavy atom. The molecule has 0 spiro atoms. The molecule has 4 rings (SSSR count). The molecule has 0 N–H and O–H groups in total. The molecule has 3 aromatic carbocycles. The van der Waals surface area contributed by atoms with Gasteiger partial charge in [-0.15, -0.1) is 0 Å². The van der Waals surface area contributed by atoms with Gasteiger partial charge in [0, 0.05) is 11.1 Å².